The summed E-state index contributed by atoms with van der Waals surface area (Å²) in [4.78, 5) is 18.2. The number of fused-ring (bicyclic) bond motifs is 1. The summed E-state index contributed by atoms with van der Waals surface area (Å²) in [6.07, 6.45) is 7.44. The molecule has 3 aromatic rings. The Morgan fingerprint density at radius 2 is 1.83 bits per heavy atom. The van der Waals surface area contributed by atoms with E-state index in [0.717, 1.165) is 34.9 Å². The van der Waals surface area contributed by atoms with Gasteiger partial charge < -0.3 is 24.1 Å². The normalized spacial score (nSPS) is 13.6. The first kappa shape index (κ1) is 19.9. The molecule has 6 nitrogen and oxygen atoms in total. The molecule has 0 aliphatic heterocycles. The number of aromatic amines is 1. The monoisotopic (exact) mass is 406 g/mol. The molecule has 1 aliphatic rings. The molecule has 1 N–H and O–H groups in total. The Morgan fingerprint density at radius 1 is 1.10 bits per heavy atom. The number of ether oxygens (including phenoxy) is 3. The average molecular weight is 406 g/mol. The Hall–Kier alpha value is -3.41. The Bertz CT molecular complexity index is 1060. The van der Waals surface area contributed by atoms with Gasteiger partial charge in [-0.2, -0.15) is 0 Å². The SMILES string of the molecule is COc1cc(/C=C/C(=O)N(Cc2cccc3[nH]ccc23)C2CC2)cc(OC)c1OC. The molecule has 4 rings (SSSR count). The van der Waals surface area contributed by atoms with Crippen LogP contribution in [-0.4, -0.2) is 43.2 Å². The van der Waals surface area contributed by atoms with Crippen LogP contribution in [0.5, 0.6) is 17.2 Å². The van der Waals surface area contributed by atoms with E-state index in [2.05, 4.69) is 17.1 Å². The molecule has 0 spiro atoms. The number of H-pyrrole nitrogens is 1. The van der Waals surface area contributed by atoms with E-state index < -0.39 is 0 Å². The summed E-state index contributed by atoms with van der Waals surface area (Å²) in [5.41, 5.74) is 3.04. The van der Waals surface area contributed by atoms with Crippen LogP contribution in [0.4, 0.5) is 0 Å². The van der Waals surface area contributed by atoms with E-state index >= 15 is 0 Å². The van der Waals surface area contributed by atoms with Crippen LogP contribution >= 0.6 is 0 Å². The first-order valence-corrected chi connectivity index (χ1v) is 9.98. The second-order valence-corrected chi connectivity index (χ2v) is 7.35. The first-order chi connectivity index (χ1) is 14.6. The van der Waals surface area contributed by atoms with Gasteiger partial charge in [-0.15, -0.1) is 0 Å². The molecule has 0 bridgehead atoms. The molecule has 2 aromatic carbocycles. The number of nitrogens with zero attached hydrogens (tertiary/aromatic N) is 1. The van der Waals surface area contributed by atoms with Gasteiger partial charge >= 0.3 is 0 Å². The van der Waals surface area contributed by atoms with Gasteiger partial charge in [0.1, 0.15) is 0 Å². The highest BCUT2D eigenvalue weighted by molar-refractivity contribution is 5.93. The molecule has 1 heterocycles. The van der Waals surface area contributed by atoms with Crippen LogP contribution in [0.1, 0.15) is 24.0 Å². The van der Waals surface area contributed by atoms with Crippen molar-refractivity contribution in [1.29, 1.82) is 0 Å². The van der Waals surface area contributed by atoms with Gasteiger partial charge in [-0.3, -0.25) is 4.79 Å². The first-order valence-electron chi connectivity index (χ1n) is 9.98. The quantitative estimate of drug-likeness (QED) is 0.563. The standard InChI is InChI=1S/C24H26N2O4/c1-28-21-13-16(14-22(29-2)24(21)30-3)7-10-23(27)26(18-8-9-18)15-17-5-4-6-20-19(17)11-12-25-20/h4-7,10-14,18,25H,8-9,15H2,1-3H3/b10-7+. The molecule has 6 heteroatoms. The Labute approximate surface area is 176 Å². The molecule has 1 saturated carbocycles. The second-order valence-electron chi connectivity index (χ2n) is 7.35. The van der Waals surface area contributed by atoms with Gasteiger partial charge in [-0.25, -0.2) is 0 Å². The maximum atomic E-state index is 13.1. The van der Waals surface area contributed by atoms with Gasteiger partial charge in [0, 0.05) is 35.8 Å². The van der Waals surface area contributed by atoms with E-state index in [0.29, 0.717) is 29.8 Å². The third-order valence-electron chi connectivity index (χ3n) is 5.40. The van der Waals surface area contributed by atoms with Gasteiger partial charge in [-0.05, 0) is 54.3 Å². The number of aromatic nitrogens is 1. The Kier molecular flexibility index (Phi) is 5.65. The van der Waals surface area contributed by atoms with E-state index in [1.54, 1.807) is 33.5 Å². The average Bonchev–Trinajstić information content (AvgIpc) is 3.50. The zero-order chi connectivity index (χ0) is 21.1. The summed E-state index contributed by atoms with van der Waals surface area (Å²) in [6, 6.07) is 12.2. The number of carbonyl (C=O) groups is 1. The summed E-state index contributed by atoms with van der Waals surface area (Å²) < 4.78 is 16.2. The van der Waals surface area contributed by atoms with Crippen molar-refractivity contribution < 1.29 is 19.0 Å². The number of amides is 1. The molecule has 1 aromatic heterocycles. The summed E-state index contributed by atoms with van der Waals surface area (Å²) in [5.74, 6) is 1.64. The number of carbonyl (C=O) groups excluding carboxylic acids is 1. The van der Waals surface area contributed by atoms with Crippen molar-refractivity contribution in [3.05, 3.63) is 59.8 Å². The minimum absolute atomic E-state index is 0.00112. The van der Waals surface area contributed by atoms with E-state index in [9.17, 15) is 4.79 Å². The van der Waals surface area contributed by atoms with E-state index in [1.165, 1.54) is 0 Å². The van der Waals surface area contributed by atoms with E-state index in [1.807, 2.05) is 35.4 Å². The van der Waals surface area contributed by atoms with Gasteiger partial charge in [0.15, 0.2) is 11.5 Å². The van der Waals surface area contributed by atoms with E-state index in [-0.39, 0.29) is 5.91 Å². The van der Waals surface area contributed by atoms with Crippen LogP contribution < -0.4 is 14.2 Å². The van der Waals surface area contributed by atoms with Crippen LogP contribution in [0, 0.1) is 0 Å². The summed E-state index contributed by atoms with van der Waals surface area (Å²) in [6.45, 7) is 0.596. The smallest absolute Gasteiger partial charge is 0.247 e. The number of methoxy groups -OCH3 is 3. The minimum atomic E-state index is -0.00112. The molecule has 0 radical (unpaired) electrons. The zero-order valence-electron chi connectivity index (χ0n) is 17.5. The predicted octanol–water partition coefficient (Wildman–Crippen LogP) is 4.40. The lowest BCUT2D eigenvalue weighted by molar-refractivity contribution is -0.127. The van der Waals surface area contributed by atoms with Crippen LogP contribution in [0.25, 0.3) is 17.0 Å². The zero-order valence-corrected chi connectivity index (χ0v) is 17.5. The molecule has 1 fully saturated rings. The van der Waals surface area contributed by atoms with Crippen molar-refractivity contribution in [1.82, 2.24) is 9.88 Å². The largest absolute Gasteiger partial charge is 0.493 e. The molecule has 1 amide bonds. The predicted molar refractivity (Wildman–Crippen MR) is 117 cm³/mol. The van der Waals surface area contributed by atoms with Crippen molar-refractivity contribution >= 4 is 22.9 Å². The van der Waals surface area contributed by atoms with Gasteiger partial charge in [0.25, 0.3) is 0 Å². The highest BCUT2D eigenvalue weighted by Crippen LogP contribution is 2.38. The van der Waals surface area contributed by atoms with Crippen molar-refractivity contribution in [3.63, 3.8) is 0 Å². The number of hydrogen-bond donors (Lipinski definition) is 1. The molecule has 1 aliphatic carbocycles. The van der Waals surface area contributed by atoms with Crippen molar-refractivity contribution in [2.45, 2.75) is 25.4 Å². The third-order valence-corrected chi connectivity index (χ3v) is 5.40. The fourth-order valence-corrected chi connectivity index (χ4v) is 3.71. The second kappa shape index (κ2) is 8.53. The van der Waals surface area contributed by atoms with Gasteiger partial charge in [0.2, 0.25) is 11.7 Å². The molecular weight excluding hydrogens is 380 g/mol. The maximum Gasteiger partial charge on any atom is 0.247 e. The fourth-order valence-electron chi connectivity index (χ4n) is 3.71. The molecule has 0 saturated heterocycles. The molecule has 0 unspecified atom stereocenters. The van der Waals surface area contributed by atoms with Gasteiger partial charge in [0.05, 0.1) is 21.3 Å². The lowest BCUT2D eigenvalue weighted by Crippen LogP contribution is -2.31. The van der Waals surface area contributed by atoms with Crippen LogP contribution in [0.15, 0.2) is 48.7 Å². The lowest BCUT2D eigenvalue weighted by Gasteiger charge is -2.21. The molecule has 0 atom stereocenters. The van der Waals surface area contributed by atoms with Crippen LogP contribution in [0.2, 0.25) is 0 Å². The van der Waals surface area contributed by atoms with Crippen LogP contribution in [-0.2, 0) is 11.3 Å². The van der Waals surface area contributed by atoms with Gasteiger partial charge in [-0.1, -0.05) is 12.1 Å². The number of hydrogen-bond acceptors (Lipinski definition) is 4. The third kappa shape index (κ3) is 3.99. The van der Waals surface area contributed by atoms with Crippen molar-refractivity contribution in [3.8, 4) is 17.2 Å². The molecule has 30 heavy (non-hydrogen) atoms. The lowest BCUT2D eigenvalue weighted by atomic mass is 10.1. The number of nitrogens with one attached hydrogen (secondary N) is 1. The summed E-state index contributed by atoms with van der Waals surface area (Å²) in [5, 5.41) is 1.16. The Balaban J connectivity index is 1.57. The highest BCUT2D eigenvalue weighted by atomic mass is 16.5. The highest BCUT2D eigenvalue weighted by Gasteiger charge is 2.31. The molecular formula is C24H26N2O4. The number of rotatable bonds is 8. The van der Waals surface area contributed by atoms with Crippen molar-refractivity contribution in [2.24, 2.45) is 0 Å². The molecule has 156 valence electrons. The Morgan fingerprint density at radius 3 is 2.47 bits per heavy atom. The fraction of sp³-hybridized carbons (Fsp3) is 0.292. The minimum Gasteiger partial charge on any atom is -0.493 e. The van der Waals surface area contributed by atoms with Crippen molar-refractivity contribution in [2.75, 3.05) is 21.3 Å². The maximum absolute atomic E-state index is 13.1. The van der Waals surface area contributed by atoms with E-state index in [4.69, 9.17) is 14.2 Å². The topological polar surface area (TPSA) is 63.8 Å². The van der Waals surface area contributed by atoms with Crippen LogP contribution in [0.3, 0.4) is 0 Å². The summed E-state index contributed by atoms with van der Waals surface area (Å²) >= 11 is 0. The number of benzene rings is 2. The summed E-state index contributed by atoms with van der Waals surface area (Å²) in [7, 11) is 4.72.